The molecule has 2 heteroatoms. The van der Waals surface area contributed by atoms with E-state index in [1.54, 1.807) is 0 Å². The minimum atomic E-state index is -0.226. The summed E-state index contributed by atoms with van der Waals surface area (Å²) in [6.07, 6.45) is 2.91. The normalized spacial score (nSPS) is 15.8. The van der Waals surface area contributed by atoms with Crippen molar-refractivity contribution in [2.75, 3.05) is 0 Å². The fraction of sp³-hybridized carbons (Fsp3) is 0.900. The van der Waals surface area contributed by atoms with Crippen LogP contribution in [0.3, 0.4) is 0 Å². The summed E-state index contributed by atoms with van der Waals surface area (Å²) in [6, 6.07) is 0. The molecule has 12 heavy (non-hydrogen) atoms. The molecule has 0 N–H and O–H groups in total. The van der Waals surface area contributed by atoms with Crippen molar-refractivity contribution in [3.05, 3.63) is 0 Å². The summed E-state index contributed by atoms with van der Waals surface area (Å²) in [5.74, 6) is 0.396. The molecule has 0 aromatic rings. The molecule has 0 heterocycles. The number of carbonyl (C=O) groups is 1. The van der Waals surface area contributed by atoms with E-state index in [0.717, 1.165) is 19.3 Å². The van der Waals surface area contributed by atoms with Gasteiger partial charge in [0.25, 0.3) is 6.47 Å². The molecule has 0 aliphatic carbocycles. The van der Waals surface area contributed by atoms with Gasteiger partial charge in [0.1, 0.15) is 5.60 Å². The Balaban J connectivity index is 4.38. The molecule has 0 saturated carbocycles. The summed E-state index contributed by atoms with van der Waals surface area (Å²) in [6.45, 7) is 8.96. The fourth-order valence-electron chi connectivity index (χ4n) is 1.67. The van der Waals surface area contributed by atoms with Crippen LogP contribution < -0.4 is 0 Å². The predicted octanol–water partition coefficient (Wildman–Crippen LogP) is 2.76. The second-order valence-corrected chi connectivity index (χ2v) is 3.54. The average Bonchev–Trinajstić information content (AvgIpc) is 2.03. The van der Waals surface area contributed by atoms with E-state index in [-0.39, 0.29) is 5.60 Å². The molecule has 0 fully saturated rings. The van der Waals surface area contributed by atoms with Crippen LogP contribution >= 0.6 is 0 Å². The Bertz CT molecular complexity index is 132. The van der Waals surface area contributed by atoms with Gasteiger partial charge in [0.2, 0.25) is 0 Å². The molecule has 0 saturated heterocycles. The van der Waals surface area contributed by atoms with Gasteiger partial charge >= 0.3 is 0 Å². The zero-order valence-corrected chi connectivity index (χ0v) is 8.59. The largest absolute Gasteiger partial charge is 0.461 e. The molecule has 0 spiro atoms. The van der Waals surface area contributed by atoms with Gasteiger partial charge in [-0.1, -0.05) is 34.1 Å². The van der Waals surface area contributed by atoms with E-state index in [0.29, 0.717) is 12.4 Å². The summed E-state index contributed by atoms with van der Waals surface area (Å²) < 4.78 is 5.20. The Morgan fingerprint density at radius 1 is 1.42 bits per heavy atom. The summed E-state index contributed by atoms with van der Waals surface area (Å²) in [5, 5.41) is 0. The Labute approximate surface area is 75.3 Å². The van der Waals surface area contributed by atoms with Gasteiger partial charge < -0.3 is 4.74 Å². The van der Waals surface area contributed by atoms with Crippen LogP contribution in [-0.2, 0) is 9.53 Å². The molecule has 72 valence electrons. The van der Waals surface area contributed by atoms with E-state index in [2.05, 4.69) is 27.7 Å². The highest BCUT2D eigenvalue weighted by molar-refractivity contribution is 5.38. The Morgan fingerprint density at radius 3 is 2.25 bits per heavy atom. The molecule has 0 aromatic carbocycles. The van der Waals surface area contributed by atoms with E-state index in [4.69, 9.17) is 4.74 Å². The summed E-state index contributed by atoms with van der Waals surface area (Å²) in [4.78, 5) is 10.3. The van der Waals surface area contributed by atoms with Crippen molar-refractivity contribution in [2.45, 2.75) is 52.6 Å². The van der Waals surface area contributed by atoms with E-state index < -0.39 is 0 Å². The first-order valence-electron chi connectivity index (χ1n) is 4.74. The van der Waals surface area contributed by atoms with Gasteiger partial charge in [0.05, 0.1) is 0 Å². The lowest BCUT2D eigenvalue weighted by molar-refractivity contribution is -0.150. The molecule has 1 unspecified atom stereocenters. The summed E-state index contributed by atoms with van der Waals surface area (Å²) in [7, 11) is 0. The van der Waals surface area contributed by atoms with Crippen molar-refractivity contribution in [1.29, 1.82) is 0 Å². The zero-order chi connectivity index (χ0) is 9.61. The lowest BCUT2D eigenvalue weighted by atomic mass is 9.83. The van der Waals surface area contributed by atoms with Gasteiger partial charge in [-0.25, -0.2) is 0 Å². The van der Waals surface area contributed by atoms with Crippen LogP contribution in [0.25, 0.3) is 0 Å². The smallest absolute Gasteiger partial charge is 0.293 e. The molecule has 1 atom stereocenters. The van der Waals surface area contributed by atoms with E-state index in [1.807, 2.05) is 0 Å². The highest BCUT2D eigenvalue weighted by Crippen LogP contribution is 2.30. The van der Waals surface area contributed by atoms with Crippen molar-refractivity contribution >= 4 is 6.47 Å². The molecule has 0 amide bonds. The van der Waals surface area contributed by atoms with Crippen LogP contribution in [0, 0.1) is 5.92 Å². The van der Waals surface area contributed by atoms with Crippen LogP contribution in [0.1, 0.15) is 47.0 Å². The second kappa shape index (κ2) is 5.18. The summed E-state index contributed by atoms with van der Waals surface area (Å²) >= 11 is 0. The third-order valence-electron chi connectivity index (χ3n) is 2.61. The minimum Gasteiger partial charge on any atom is -0.461 e. The first kappa shape index (κ1) is 11.5. The molecule has 0 rings (SSSR count). The molecule has 0 aliphatic heterocycles. The van der Waals surface area contributed by atoms with Crippen molar-refractivity contribution in [3.8, 4) is 0 Å². The van der Waals surface area contributed by atoms with Gasteiger partial charge in [0, 0.05) is 0 Å². The van der Waals surface area contributed by atoms with Crippen molar-refractivity contribution in [2.24, 2.45) is 5.92 Å². The zero-order valence-electron chi connectivity index (χ0n) is 8.59. The Hall–Kier alpha value is -0.530. The van der Waals surface area contributed by atoms with Crippen LogP contribution in [0.5, 0.6) is 0 Å². The number of hydrogen-bond donors (Lipinski definition) is 0. The van der Waals surface area contributed by atoms with Crippen molar-refractivity contribution < 1.29 is 9.53 Å². The lowest BCUT2D eigenvalue weighted by Crippen LogP contribution is -2.37. The fourth-order valence-corrected chi connectivity index (χ4v) is 1.67. The van der Waals surface area contributed by atoms with Crippen LogP contribution in [0.2, 0.25) is 0 Å². The lowest BCUT2D eigenvalue weighted by Gasteiger charge is -2.34. The number of carbonyl (C=O) groups excluding carboxylic acids is 1. The standard InChI is InChI=1S/C10H20O2/c1-5-7-10(6-2,9(3)4)12-8-11/h8-9H,5-7H2,1-4H3. The Kier molecular flexibility index (Phi) is 4.95. The topological polar surface area (TPSA) is 26.3 Å². The highest BCUT2D eigenvalue weighted by atomic mass is 16.5. The van der Waals surface area contributed by atoms with Crippen LogP contribution in [0.4, 0.5) is 0 Å². The minimum absolute atomic E-state index is 0.226. The van der Waals surface area contributed by atoms with E-state index in [1.165, 1.54) is 0 Å². The predicted molar refractivity (Wildman–Crippen MR) is 49.9 cm³/mol. The van der Waals surface area contributed by atoms with Gasteiger partial charge in [0.15, 0.2) is 0 Å². The first-order chi connectivity index (χ1) is 5.63. The average molecular weight is 172 g/mol. The molecule has 0 radical (unpaired) electrons. The van der Waals surface area contributed by atoms with E-state index >= 15 is 0 Å². The maximum atomic E-state index is 10.3. The molecule has 0 aliphatic rings. The number of ether oxygens (including phenoxy) is 1. The molecule has 0 aromatic heterocycles. The van der Waals surface area contributed by atoms with Crippen LogP contribution in [0.15, 0.2) is 0 Å². The third kappa shape index (κ3) is 2.50. The van der Waals surface area contributed by atoms with Crippen molar-refractivity contribution in [3.63, 3.8) is 0 Å². The first-order valence-corrected chi connectivity index (χ1v) is 4.74. The molecular weight excluding hydrogens is 152 g/mol. The van der Waals surface area contributed by atoms with E-state index in [9.17, 15) is 4.79 Å². The molecule has 0 bridgehead atoms. The van der Waals surface area contributed by atoms with Crippen molar-refractivity contribution in [1.82, 2.24) is 0 Å². The quantitative estimate of drug-likeness (QED) is 0.576. The van der Waals surface area contributed by atoms with Gasteiger partial charge in [-0.3, -0.25) is 4.79 Å². The third-order valence-corrected chi connectivity index (χ3v) is 2.61. The number of hydrogen-bond acceptors (Lipinski definition) is 2. The second-order valence-electron chi connectivity index (χ2n) is 3.54. The SMILES string of the molecule is CCCC(CC)(OC=O)C(C)C. The molecular formula is C10H20O2. The monoisotopic (exact) mass is 172 g/mol. The van der Waals surface area contributed by atoms with Crippen LogP contribution in [-0.4, -0.2) is 12.1 Å². The van der Waals surface area contributed by atoms with Gasteiger partial charge in [-0.2, -0.15) is 0 Å². The number of rotatable bonds is 6. The Morgan fingerprint density at radius 2 is 2.00 bits per heavy atom. The van der Waals surface area contributed by atoms with Gasteiger partial charge in [-0.05, 0) is 18.8 Å². The molecule has 2 nitrogen and oxygen atoms in total. The van der Waals surface area contributed by atoms with Gasteiger partial charge in [-0.15, -0.1) is 0 Å². The maximum Gasteiger partial charge on any atom is 0.293 e. The highest BCUT2D eigenvalue weighted by Gasteiger charge is 2.32. The summed E-state index contributed by atoms with van der Waals surface area (Å²) in [5.41, 5.74) is -0.226. The maximum absolute atomic E-state index is 10.3.